The predicted molar refractivity (Wildman–Crippen MR) is 163 cm³/mol. The lowest BCUT2D eigenvalue weighted by Gasteiger charge is -2.27. The first-order valence-corrected chi connectivity index (χ1v) is 16.4. The smallest absolute Gasteiger partial charge is 0.342 e. The highest BCUT2D eigenvalue weighted by Crippen LogP contribution is 2.46. The van der Waals surface area contributed by atoms with Crippen LogP contribution in [0.5, 0.6) is 23.0 Å². The Labute approximate surface area is 258 Å². The van der Waals surface area contributed by atoms with E-state index >= 15 is 0 Å². The van der Waals surface area contributed by atoms with Crippen molar-refractivity contribution in [3.63, 3.8) is 0 Å². The predicted octanol–water partition coefficient (Wildman–Crippen LogP) is 4.26. The van der Waals surface area contributed by atoms with Gasteiger partial charge in [-0.1, -0.05) is 11.8 Å². The third kappa shape index (κ3) is 7.92. The maximum atomic E-state index is 14.0. The van der Waals surface area contributed by atoms with Gasteiger partial charge in [0, 0.05) is 17.5 Å². The van der Waals surface area contributed by atoms with Crippen LogP contribution in [0.3, 0.4) is 0 Å². The number of anilines is 1. The molecule has 2 aromatic carbocycles. The first kappa shape index (κ1) is 31.8. The number of nitrogens with two attached hydrogens (primary N) is 1. The van der Waals surface area contributed by atoms with E-state index in [1.807, 2.05) is 24.3 Å². The molecule has 0 radical (unpaired) electrons. The number of aromatic nitrogens is 4. The number of hydrogen-bond donors (Lipinski definition) is 3. The molecule has 0 amide bonds. The van der Waals surface area contributed by atoms with E-state index in [0.717, 1.165) is 10.6 Å². The Balaban J connectivity index is 1.26. The van der Waals surface area contributed by atoms with Gasteiger partial charge in [-0.05, 0) is 57.2 Å². The number of ether oxygens (including phenoxy) is 5. The molecule has 0 fully saturated rings. The van der Waals surface area contributed by atoms with E-state index in [2.05, 4.69) is 20.0 Å². The molecule has 4 aromatic rings. The highest BCUT2D eigenvalue weighted by molar-refractivity contribution is 7.99. The highest BCUT2D eigenvalue weighted by Gasteiger charge is 2.31. The van der Waals surface area contributed by atoms with Crippen molar-refractivity contribution in [2.24, 2.45) is 0 Å². The molecule has 0 aliphatic carbocycles. The molecule has 3 heterocycles. The number of rotatable bonds is 15. The number of nitrogen functional groups attached to an aromatic ring is 1. The van der Waals surface area contributed by atoms with Crippen LogP contribution in [0.1, 0.15) is 20.8 Å². The standard InChI is InChI=1S/C28H35N6O8PS/c1-17(2)41-27(35)18(3)33-43(36,42-20-7-10-22-23(13-20)40-15-39-22)16-38-12-11-34-14-30-24-25(34)31-28(29)32-26(24)44-21-8-5-19(37-4)6-9-21/h5-10,13-14,17-18,27,35H,11-12,15-16H2,1-4H3,(H,33,36)(H2,29,31,32). The molecule has 44 heavy (non-hydrogen) atoms. The lowest BCUT2D eigenvalue weighted by atomic mass is 10.3. The van der Waals surface area contributed by atoms with Crippen LogP contribution >= 0.6 is 19.3 Å². The molecule has 14 nitrogen and oxygen atoms in total. The Morgan fingerprint density at radius 1 is 1.11 bits per heavy atom. The maximum Gasteiger partial charge on any atom is 0.342 e. The van der Waals surface area contributed by atoms with Gasteiger partial charge >= 0.3 is 7.52 Å². The second-order valence-electron chi connectivity index (χ2n) is 10.1. The van der Waals surface area contributed by atoms with Crippen LogP contribution in [-0.2, 0) is 20.6 Å². The first-order chi connectivity index (χ1) is 21.1. The molecule has 0 saturated heterocycles. The summed E-state index contributed by atoms with van der Waals surface area (Å²) in [5.41, 5.74) is 7.16. The minimum Gasteiger partial charge on any atom is -0.497 e. The van der Waals surface area contributed by atoms with E-state index in [9.17, 15) is 9.67 Å². The number of aliphatic hydroxyl groups is 1. The van der Waals surface area contributed by atoms with Crippen molar-refractivity contribution in [2.75, 3.05) is 32.6 Å². The van der Waals surface area contributed by atoms with Gasteiger partial charge in [0.1, 0.15) is 28.4 Å². The highest BCUT2D eigenvalue weighted by atomic mass is 32.2. The van der Waals surface area contributed by atoms with E-state index in [1.165, 1.54) is 11.8 Å². The molecular weight excluding hydrogens is 611 g/mol. The molecule has 0 saturated carbocycles. The first-order valence-electron chi connectivity index (χ1n) is 13.8. The second kappa shape index (κ2) is 14.0. The number of benzene rings is 2. The van der Waals surface area contributed by atoms with Gasteiger partial charge < -0.3 is 43.6 Å². The average molecular weight is 647 g/mol. The van der Waals surface area contributed by atoms with Crippen LogP contribution in [0.25, 0.3) is 11.2 Å². The van der Waals surface area contributed by atoms with E-state index < -0.39 is 19.9 Å². The monoisotopic (exact) mass is 646 g/mol. The molecular formula is C28H35N6O8PS. The quantitative estimate of drug-likeness (QED) is 0.0723. The number of nitrogens with zero attached hydrogens (tertiary/aromatic N) is 4. The number of nitrogens with one attached hydrogen (secondary N) is 1. The van der Waals surface area contributed by atoms with Crippen molar-refractivity contribution < 1.29 is 37.9 Å². The van der Waals surface area contributed by atoms with Crippen LogP contribution in [0, 0.1) is 0 Å². The van der Waals surface area contributed by atoms with Gasteiger partial charge in [-0.25, -0.2) is 15.1 Å². The molecule has 4 N–H and O–H groups in total. The summed E-state index contributed by atoms with van der Waals surface area (Å²) in [5.74, 6) is 2.19. The van der Waals surface area contributed by atoms with Crippen LogP contribution < -0.4 is 29.6 Å². The van der Waals surface area contributed by atoms with Crippen molar-refractivity contribution in [1.29, 1.82) is 0 Å². The second-order valence-corrected chi connectivity index (χ2v) is 13.2. The van der Waals surface area contributed by atoms with Gasteiger partial charge in [0.2, 0.25) is 12.7 Å². The molecule has 1 aliphatic heterocycles. The molecule has 2 aromatic heterocycles. The summed E-state index contributed by atoms with van der Waals surface area (Å²) in [6, 6.07) is 11.7. The SMILES string of the molecule is COc1ccc(Sc2nc(N)nc3c2ncn3CCOCP(=O)(NC(C)C(O)OC(C)C)Oc2ccc3c(c2)OCO3)cc1. The largest absolute Gasteiger partial charge is 0.497 e. The minimum atomic E-state index is -3.73. The Bertz CT molecular complexity index is 1620. The van der Waals surface area contributed by atoms with Gasteiger partial charge in [0.05, 0.1) is 32.2 Å². The Morgan fingerprint density at radius 2 is 1.86 bits per heavy atom. The number of fused-ring (bicyclic) bond motifs is 2. The molecule has 1 aliphatic rings. The molecule has 0 bridgehead atoms. The molecule has 3 unspecified atom stereocenters. The third-order valence-corrected chi connectivity index (χ3v) is 9.11. The summed E-state index contributed by atoms with van der Waals surface area (Å²) in [6.45, 7) is 5.80. The van der Waals surface area contributed by atoms with Crippen LogP contribution in [-0.4, -0.2) is 69.9 Å². The van der Waals surface area contributed by atoms with Crippen LogP contribution in [0.2, 0.25) is 0 Å². The average Bonchev–Trinajstić information content (AvgIpc) is 3.62. The molecule has 3 atom stereocenters. The number of methoxy groups -OCH3 is 1. The number of aliphatic hydroxyl groups excluding tert-OH is 1. The van der Waals surface area contributed by atoms with Crippen molar-refractivity contribution in [3.8, 4) is 23.0 Å². The lowest BCUT2D eigenvalue weighted by Crippen LogP contribution is -2.40. The fraction of sp³-hybridized carbons (Fsp3) is 0.393. The van der Waals surface area contributed by atoms with Gasteiger partial charge in [-0.3, -0.25) is 4.57 Å². The number of imidazole rings is 1. The fourth-order valence-corrected chi connectivity index (χ4v) is 6.86. The molecule has 0 spiro atoms. The maximum absolute atomic E-state index is 14.0. The Hall–Kier alpha value is -3.59. The van der Waals surface area contributed by atoms with Gasteiger partial charge in [0.15, 0.2) is 23.4 Å². The summed E-state index contributed by atoms with van der Waals surface area (Å²) in [5, 5.41) is 13.9. The number of hydrogen-bond acceptors (Lipinski definition) is 13. The third-order valence-electron chi connectivity index (χ3n) is 6.30. The summed E-state index contributed by atoms with van der Waals surface area (Å²) in [4.78, 5) is 14.2. The van der Waals surface area contributed by atoms with Crippen molar-refractivity contribution in [1.82, 2.24) is 24.6 Å². The van der Waals surface area contributed by atoms with E-state index in [0.29, 0.717) is 34.2 Å². The van der Waals surface area contributed by atoms with E-state index in [4.69, 9.17) is 33.9 Å². The summed E-state index contributed by atoms with van der Waals surface area (Å²) >= 11 is 1.41. The van der Waals surface area contributed by atoms with Gasteiger partial charge in [-0.2, -0.15) is 4.98 Å². The zero-order chi connectivity index (χ0) is 31.3. The molecule has 16 heteroatoms. The van der Waals surface area contributed by atoms with Gasteiger partial charge in [0.25, 0.3) is 0 Å². The van der Waals surface area contributed by atoms with Crippen molar-refractivity contribution >= 4 is 36.4 Å². The Kier molecular flexibility index (Phi) is 10.1. The molecule has 236 valence electrons. The van der Waals surface area contributed by atoms with Crippen LogP contribution in [0.4, 0.5) is 5.95 Å². The summed E-state index contributed by atoms with van der Waals surface area (Å²) in [7, 11) is -2.11. The van der Waals surface area contributed by atoms with E-state index in [1.54, 1.807) is 57.0 Å². The Morgan fingerprint density at radius 3 is 2.61 bits per heavy atom. The van der Waals surface area contributed by atoms with Gasteiger partial charge in [-0.15, -0.1) is 0 Å². The van der Waals surface area contributed by atoms with Crippen molar-refractivity contribution in [2.45, 2.75) is 55.7 Å². The van der Waals surface area contributed by atoms with E-state index in [-0.39, 0.29) is 37.5 Å². The van der Waals surface area contributed by atoms with Crippen molar-refractivity contribution in [3.05, 3.63) is 48.8 Å². The lowest BCUT2D eigenvalue weighted by molar-refractivity contribution is -0.137. The summed E-state index contributed by atoms with van der Waals surface area (Å²) in [6.07, 6.45) is -0.139. The van der Waals surface area contributed by atoms with Crippen LogP contribution in [0.15, 0.2) is 58.7 Å². The summed E-state index contributed by atoms with van der Waals surface area (Å²) < 4.78 is 49.0. The fourth-order valence-electron chi connectivity index (χ4n) is 4.24. The zero-order valence-electron chi connectivity index (χ0n) is 24.7. The normalized spacial score (nSPS) is 15.3. The topological polar surface area (TPSA) is 174 Å². The minimum absolute atomic E-state index is 0.0920. The molecule has 5 rings (SSSR count). The zero-order valence-corrected chi connectivity index (χ0v) is 26.4.